The quantitative estimate of drug-likeness (QED) is 0.840. The van der Waals surface area contributed by atoms with E-state index in [2.05, 4.69) is 32.8 Å². The maximum atomic E-state index is 5.41. The maximum absolute atomic E-state index is 5.41. The highest BCUT2D eigenvalue weighted by atomic mass is 32.1. The molecule has 7 heteroatoms. The van der Waals surface area contributed by atoms with Crippen molar-refractivity contribution >= 4 is 23.1 Å². The summed E-state index contributed by atoms with van der Waals surface area (Å²) in [6.07, 6.45) is 2.74. The number of nitrogens with zero attached hydrogens (tertiary/aromatic N) is 5. The Morgan fingerprint density at radius 1 is 1.32 bits per heavy atom. The van der Waals surface area contributed by atoms with Crippen LogP contribution in [0.25, 0.3) is 0 Å². The Hall–Kier alpha value is -1.73. The largest absolute Gasteiger partial charge is 0.378 e. The van der Waals surface area contributed by atoms with Crippen LogP contribution in [0.5, 0.6) is 0 Å². The number of hydrogen-bond acceptors (Lipinski definition) is 7. The molecule has 0 N–H and O–H groups in total. The van der Waals surface area contributed by atoms with Gasteiger partial charge in [0.25, 0.3) is 0 Å². The van der Waals surface area contributed by atoms with Crippen molar-refractivity contribution in [2.75, 3.05) is 43.2 Å². The van der Waals surface area contributed by atoms with Gasteiger partial charge in [0.05, 0.1) is 19.8 Å². The molecular formula is C15H21N5OS. The first-order chi connectivity index (χ1) is 10.8. The number of hydrogen-bond donors (Lipinski definition) is 0. The second-order valence-corrected chi connectivity index (χ2v) is 6.23. The molecule has 2 aromatic rings. The number of morpholine rings is 1. The third kappa shape index (κ3) is 3.53. The normalized spacial score (nSPS) is 15.1. The third-order valence-corrected chi connectivity index (χ3v) is 4.42. The average Bonchev–Trinajstić information content (AvgIpc) is 3.08. The van der Waals surface area contributed by atoms with Gasteiger partial charge in [-0.25, -0.2) is 9.97 Å². The molecule has 0 atom stereocenters. The van der Waals surface area contributed by atoms with Crippen molar-refractivity contribution in [2.45, 2.75) is 19.9 Å². The number of ether oxygens (including phenoxy) is 1. The Bertz CT molecular complexity index is 598. The van der Waals surface area contributed by atoms with E-state index < -0.39 is 0 Å². The zero-order valence-electron chi connectivity index (χ0n) is 13.0. The molecule has 0 bridgehead atoms. The van der Waals surface area contributed by atoms with E-state index in [1.165, 1.54) is 0 Å². The van der Waals surface area contributed by atoms with E-state index in [-0.39, 0.29) is 0 Å². The van der Waals surface area contributed by atoms with Gasteiger partial charge in [-0.3, -0.25) is 0 Å². The Balaban J connectivity index is 1.83. The SMILES string of the molecule is CCc1cc(N(C)Cc2nccs2)nc(N2CCOCC2)n1. The van der Waals surface area contributed by atoms with Crippen molar-refractivity contribution in [1.29, 1.82) is 0 Å². The summed E-state index contributed by atoms with van der Waals surface area (Å²) in [5, 5.41) is 3.09. The van der Waals surface area contributed by atoms with E-state index in [1.807, 2.05) is 18.6 Å². The van der Waals surface area contributed by atoms with Crippen LogP contribution in [-0.4, -0.2) is 48.3 Å². The molecule has 1 aliphatic rings. The third-order valence-electron chi connectivity index (χ3n) is 3.66. The van der Waals surface area contributed by atoms with Gasteiger partial charge >= 0.3 is 0 Å². The lowest BCUT2D eigenvalue weighted by atomic mass is 10.3. The van der Waals surface area contributed by atoms with Gasteiger partial charge in [0.2, 0.25) is 5.95 Å². The molecule has 118 valence electrons. The van der Waals surface area contributed by atoms with Crippen LogP contribution in [0, 0.1) is 0 Å². The van der Waals surface area contributed by atoms with E-state index in [4.69, 9.17) is 9.72 Å². The number of aromatic nitrogens is 3. The Labute approximate surface area is 134 Å². The summed E-state index contributed by atoms with van der Waals surface area (Å²) in [5.41, 5.74) is 1.07. The van der Waals surface area contributed by atoms with Crippen molar-refractivity contribution in [3.05, 3.63) is 28.3 Å². The molecule has 1 aliphatic heterocycles. The standard InChI is InChI=1S/C15H21N5OS/c1-3-12-10-13(19(2)11-14-16-4-9-22-14)18-15(17-12)20-5-7-21-8-6-20/h4,9-10H,3,5-8,11H2,1-2H3. The minimum Gasteiger partial charge on any atom is -0.378 e. The van der Waals surface area contributed by atoms with E-state index in [9.17, 15) is 0 Å². The fourth-order valence-corrected chi connectivity index (χ4v) is 3.03. The number of rotatable bonds is 5. The minimum absolute atomic E-state index is 0.740. The predicted molar refractivity (Wildman–Crippen MR) is 88.7 cm³/mol. The molecule has 0 saturated carbocycles. The van der Waals surface area contributed by atoms with Crippen LogP contribution >= 0.6 is 11.3 Å². The van der Waals surface area contributed by atoms with Crippen LogP contribution in [0.1, 0.15) is 17.6 Å². The fourth-order valence-electron chi connectivity index (χ4n) is 2.37. The van der Waals surface area contributed by atoms with Crippen LogP contribution in [0.2, 0.25) is 0 Å². The summed E-state index contributed by atoms with van der Waals surface area (Å²) < 4.78 is 5.41. The van der Waals surface area contributed by atoms with Gasteiger partial charge < -0.3 is 14.5 Å². The lowest BCUT2D eigenvalue weighted by Gasteiger charge is -2.28. The molecule has 1 saturated heterocycles. The van der Waals surface area contributed by atoms with Crippen LogP contribution in [0.4, 0.5) is 11.8 Å². The summed E-state index contributed by atoms with van der Waals surface area (Å²) in [7, 11) is 2.05. The molecule has 0 amide bonds. The van der Waals surface area contributed by atoms with E-state index in [0.717, 1.165) is 61.7 Å². The summed E-state index contributed by atoms with van der Waals surface area (Å²) in [6.45, 7) is 6.07. The molecule has 3 rings (SSSR count). The predicted octanol–water partition coefficient (Wildman–Crippen LogP) is 1.97. The smallest absolute Gasteiger partial charge is 0.227 e. The average molecular weight is 319 g/mol. The molecule has 1 fully saturated rings. The molecule has 0 unspecified atom stereocenters. The first kappa shape index (κ1) is 15.2. The Morgan fingerprint density at radius 2 is 2.14 bits per heavy atom. The zero-order chi connectivity index (χ0) is 15.4. The summed E-state index contributed by atoms with van der Waals surface area (Å²) in [5.74, 6) is 1.76. The van der Waals surface area contributed by atoms with Gasteiger partial charge in [0.1, 0.15) is 10.8 Å². The van der Waals surface area contributed by atoms with Crippen molar-refractivity contribution in [2.24, 2.45) is 0 Å². The first-order valence-electron chi connectivity index (χ1n) is 7.56. The second kappa shape index (κ2) is 7.02. The van der Waals surface area contributed by atoms with E-state index >= 15 is 0 Å². The maximum Gasteiger partial charge on any atom is 0.227 e. The highest BCUT2D eigenvalue weighted by molar-refractivity contribution is 7.09. The topological polar surface area (TPSA) is 54.4 Å². The summed E-state index contributed by atoms with van der Waals surface area (Å²) in [4.78, 5) is 18.1. The highest BCUT2D eigenvalue weighted by Crippen LogP contribution is 2.20. The van der Waals surface area contributed by atoms with Crippen molar-refractivity contribution in [3.8, 4) is 0 Å². The molecule has 3 heterocycles. The van der Waals surface area contributed by atoms with E-state index in [1.54, 1.807) is 11.3 Å². The lowest BCUT2D eigenvalue weighted by Crippen LogP contribution is -2.37. The number of anilines is 2. The van der Waals surface area contributed by atoms with Crippen molar-refractivity contribution < 1.29 is 4.74 Å². The van der Waals surface area contributed by atoms with Crippen LogP contribution in [0.3, 0.4) is 0 Å². The summed E-state index contributed by atoms with van der Waals surface area (Å²) in [6, 6.07) is 2.07. The number of thiazole rings is 1. The van der Waals surface area contributed by atoms with Gasteiger partial charge in [-0.15, -0.1) is 11.3 Å². The molecular weight excluding hydrogens is 298 g/mol. The van der Waals surface area contributed by atoms with Crippen LogP contribution in [-0.2, 0) is 17.7 Å². The summed E-state index contributed by atoms with van der Waals surface area (Å²) >= 11 is 1.67. The number of aryl methyl sites for hydroxylation is 1. The molecule has 6 nitrogen and oxygen atoms in total. The monoisotopic (exact) mass is 319 g/mol. The van der Waals surface area contributed by atoms with Gasteiger partial charge in [-0.1, -0.05) is 6.92 Å². The second-order valence-electron chi connectivity index (χ2n) is 5.25. The zero-order valence-corrected chi connectivity index (χ0v) is 13.8. The Kier molecular flexibility index (Phi) is 4.84. The molecule has 0 spiro atoms. The van der Waals surface area contributed by atoms with Crippen LogP contribution < -0.4 is 9.80 Å². The van der Waals surface area contributed by atoms with Gasteiger partial charge in [-0.2, -0.15) is 4.98 Å². The van der Waals surface area contributed by atoms with Crippen LogP contribution in [0.15, 0.2) is 17.6 Å². The molecule has 0 aromatic carbocycles. The minimum atomic E-state index is 0.740. The van der Waals surface area contributed by atoms with Gasteiger partial charge in [0.15, 0.2) is 0 Å². The molecule has 0 aliphatic carbocycles. The first-order valence-corrected chi connectivity index (χ1v) is 8.44. The van der Waals surface area contributed by atoms with Gasteiger partial charge in [-0.05, 0) is 6.42 Å². The molecule has 2 aromatic heterocycles. The lowest BCUT2D eigenvalue weighted by molar-refractivity contribution is 0.122. The molecule has 0 radical (unpaired) electrons. The van der Waals surface area contributed by atoms with E-state index in [0.29, 0.717) is 0 Å². The Morgan fingerprint density at radius 3 is 2.82 bits per heavy atom. The van der Waals surface area contributed by atoms with Crippen molar-refractivity contribution in [3.63, 3.8) is 0 Å². The molecule has 22 heavy (non-hydrogen) atoms. The fraction of sp³-hybridized carbons (Fsp3) is 0.533. The highest BCUT2D eigenvalue weighted by Gasteiger charge is 2.17. The van der Waals surface area contributed by atoms with Gasteiger partial charge in [0, 0.05) is 43.5 Å². The van der Waals surface area contributed by atoms with Crippen molar-refractivity contribution in [1.82, 2.24) is 15.0 Å².